The summed E-state index contributed by atoms with van der Waals surface area (Å²) in [5, 5.41) is 20.3. The Morgan fingerprint density at radius 1 is 0.808 bits per heavy atom. The van der Waals surface area contributed by atoms with Crippen LogP contribution in [0.1, 0.15) is 0 Å². The normalized spacial score (nSPS) is 11.0. The van der Waals surface area contributed by atoms with Crippen LogP contribution in [-0.2, 0) is 0 Å². The molecule has 0 atom stereocenters. The molecule has 0 amide bonds. The van der Waals surface area contributed by atoms with E-state index in [0.717, 1.165) is 22.0 Å². The Hall–Kier alpha value is -2.92. The predicted molar refractivity (Wildman–Crippen MR) is 104 cm³/mol. The summed E-state index contributed by atoms with van der Waals surface area (Å²) in [4.78, 5) is 4.62. The molecular formula is C21H13BrFNO2. The van der Waals surface area contributed by atoms with Gasteiger partial charge in [-0.25, -0.2) is 9.37 Å². The van der Waals surface area contributed by atoms with Gasteiger partial charge in [-0.05, 0) is 64.0 Å². The standard InChI is InChI=1S/C21H13BrFNO2/c22-16-10-14-9-12(15-3-1-2-4-19(15)25)5-7-18(14)24-21(16)13-6-8-20(26)17(23)11-13/h1-11,25-26H. The summed E-state index contributed by atoms with van der Waals surface area (Å²) < 4.78 is 14.4. The summed E-state index contributed by atoms with van der Waals surface area (Å²) in [7, 11) is 0. The molecule has 0 saturated heterocycles. The van der Waals surface area contributed by atoms with E-state index in [-0.39, 0.29) is 5.75 Å². The Morgan fingerprint density at radius 3 is 2.35 bits per heavy atom. The number of hydrogen-bond donors (Lipinski definition) is 2. The number of fused-ring (bicyclic) bond motifs is 1. The number of rotatable bonds is 2. The predicted octanol–water partition coefficient (Wildman–Crippen LogP) is 5.88. The molecule has 4 aromatic rings. The topological polar surface area (TPSA) is 53.4 Å². The molecule has 0 aliphatic rings. The molecule has 26 heavy (non-hydrogen) atoms. The van der Waals surface area contributed by atoms with Gasteiger partial charge in [-0.2, -0.15) is 0 Å². The number of nitrogens with zero attached hydrogens (tertiary/aromatic N) is 1. The van der Waals surface area contributed by atoms with E-state index in [1.54, 1.807) is 18.2 Å². The fraction of sp³-hybridized carbons (Fsp3) is 0. The number of phenolic OH excluding ortho intramolecular Hbond substituents is 2. The van der Waals surface area contributed by atoms with Crippen LogP contribution in [0.4, 0.5) is 4.39 Å². The summed E-state index contributed by atoms with van der Waals surface area (Å²) in [6.45, 7) is 0. The van der Waals surface area contributed by atoms with E-state index in [9.17, 15) is 14.6 Å². The van der Waals surface area contributed by atoms with Crippen LogP contribution in [0.3, 0.4) is 0 Å². The third-order valence-electron chi connectivity index (χ3n) is 4.20. The smallest absolute Gasteiger partial charge is 0.165 e. The summed E-state index contributed by atoms with van der Waals surface area (Å²) in [6.07, 6.45) is 0. The number of phenols is 2. The second-order valence-electron chi connectivity index (χ2n) is 5.91. The van der Waals surface area contributed by atoms with Crippen molar-refractivity contribution in [1.29, 1.82) is 0 Å². The highest BCUT2D eigenvalue weighted by molar-refractivity contribution is 9.10. The van der Waals surface area contributed by atoms with Crippen molar-refractivity contribution >= 4 is 26.8 Å². The van der Waals surface area contributed by atoms with Gasteiger partial charge in [-0.3, -0.25) is 0 Å². The highest BCUT2D eigenvalue weighted by Gasteiger charge is 2.11. The third kappa shape index (κ3) is 2.91. The number of aromatic nitrogens is 1. The van der Waals surface area contributed by atoms with Crippen molar-refractivity contribution in [2.24, 2.45) is 0 Å². The van der Waals surface area contributed by atoms with Crippen molar-refractivity contribution in [1.82, 2.24) is 4.98 Å². The Bertz CT molecular complexity index is 1140. The molecule has 0 spiro atoms. The first kappa shape index (κ1) is 16.5. The van der Waals surface area contributed by atoms with Gasteiger partial charge in [0.25, 0.3) is 0 Å². The van der Waals surface area contributed by atoms with Gasteiger partial charge in [0.1, 0.15) is 5.75 Å². The summed E-state index contributed by atoms with van der Waals surface area (Å²) in [6, 6.07) is 18.9. The first-order chi connectivity index (χ1) is 12.5. The largest absolute Gasteiger partial charge is 0.507 e. The van der Waals surface area contributed by atoms with Crippen LogP contribution < -0.4 is 0 Å². The van der Waals surface area contributed by atoms with Crippen LogP contribution in [0.2, 0.25) is 0 Å². The number of hydrogen-bond acceptors (Lipinski definition) is 3. The van der Waals surface area contributed by atoms with Crippen molar-refractivity contribution in [3.8, 4) is 33.9 Å². The molecule has 2 N–H and O–H groups in total. The molecular weight excluding hydrogens is 397 g/mol. The van der Waals surface area contributed by atoms with Crippen LogP contribution in [0, 0.1) is 5.82 Å². The lowest BCUT2D eigenvalue weighted by atomic mass is 10.0. The van der Waals surface area contributed by atoms with E-state index < -0.39 is 11.6 Å². The molecule has 0 radical (unpaired) electrons. The Balaban J connectivity index is 1.85. The first-order valence-electron chi connectivity index (χ1n) is 7.90. The maximum absolute atomic E-state index is 13.7. The molecule has 0 bridgehead atoms. The first-order valence-corrected chi connectivity index (χ1v) is 8.70. The van der Waals surface area contributed by atoms with E-state index in [1.807, 2.05) is 36.4 Å². The minimum absolute atomic E-state index is 0.218. The number of halogens is 2. The second kappa shape index (κ2) is 6.42. The maximum Gasteiger partial charge on any atom is 0.165 e. The van der Waals surface area contributed by atoms with Crippen molar-refractivity contribution in [2.75, 3.05) is 0 Å². The number of para-hydroxylation sites is 1. The zero-order valence-corrected chi connectivity index (χ0v) is 15.0. The monoisotopic (exact) mass is 409 g/mol. The lowest BCUT2D eigenvalue weighted by Gasteiger charge is -2.10. The Morgan fingerprint density at radius 2 is 1.58 bits per heavy atom. The van der Waals surface area contributed by atoms with Crippen LogP contribution in [0.5, 0.6) is 11.5 Å². The number of benzene rings is 3. The molecule has 0 saturated carbocycles. The SMILES string of the molecule is Oc1ccc(-c2nc3ccc(-c4ccccc4O)cc3cc2Br)cc1F. The zero-order valence-electron chi connectivity index (χ0n) is 13.4. The van der Waals surface area contributed by atoms with Crippen molar-refractivity contribution < 1.29 is 14.6 Å². The average Bonchev–Trinajstić information content (AvgIpc) is 2.63. The highest BCUT2D eigenvalue weighted by atomic mass is 79.9. The molecule has 5 heteroatoms. The number of pyridine rings is 1. The van der Waals surface area contributed by atoms with E-state index in [0.29, 0.717) is 15.7 Å². The Labute approximate surface area is 157 Å². The molecule has 0 aliphatic heterocycles. The van der Waals surface area contributed by atoms with Gasteiger partial charge >= 0.3 is 0 Å². The van der Waals surface area contributed by atoms with Crippen molar-refractivity contribution in [3.63, 3.8) is 0 Å². The summed E-state index contributed by atoms with van der Waals surface area (Å²) in [5.41, 5.74) is 3.53. The molecule has 0 fully saturated rings. The minimum atomic E-state index is -0.689. The van der Waals surface area contributed by atoms with E-state index in [2.05, 4.69) is 20.9 Å². The van der Waals surface area contributed by atoms with Crippen LogP contribution >= 0.6 is 15.9 Å². The molecule has 0 unspecified atom stereocenters. The molecule has 3 nitrogen and oxygen atoms in total. The quantitative estimate of drug-likeness (QED) is 0.434. The van der Waals surface area contributed by atoms with Crippen LogP contribution in [0.15, 0.2) is 71.2 Å². The van der Waals surface area contributed by atoms with Gasteiger partial charge in [0.2, 0.25) is 0 Å². The fourth-order valence-corrected chi connectivity index (χ4v) is 3.46. The van der Waals surface area contributed by atoms with E-state index >= 15 is 0 Å². The van der Waals surface area contributed by atoms with Crippen molar-refractivity contribution in [2.45, 2.75) is 0 Å². The van der Waals surface area contributed by atoms with E-state index in [1.165, 1.54) is 12.1 Å². The molecule has 0 aliphatic carbocycles. The Kier molecular flexibility index (Phi) is 4.09. The van der Waals surface area contributed by atoms with Gasteiger partial charge in [0.15, 0.2) is 11.6 Å². The van der Waals surface area contributed by atoms with Crippen molar-refractivity contribution in [3.05, 3.63) is 77.0 Å². The maximum atomic E-state index is 13.7. The van der Waals surface area contributed by atoms with Gasteiger partial charge in [0.05, 0.1) is 11.2 Å². The summed E-state index contributed by atoms with van der Waals surface area (Å²) >= 11 is 3.50. The van der Waals surface area contributed by atoms with Crippen LogP contribution in [-0.4, -0.2) is 15.2 Å². The minimum Gasteiger partial charge on any atom is -0.507 e. The summed E-state index contributed by atoms with van der Waals surface area (Å²) in [5.74, 6) is -0.862. The highest BCUT2D eigenvalue weighted by Crippen LogP contribution is 2.35. The van der Waals surface area contributed by atoms with Gasteiger partial charge in [-0.1, -0.05) is 24.3 Å². The second-order valence-corrected chi connectivity index (χ2v) is 6.76. The fourth-order valence-electron chi connectivity index (χ4n) is 2.89. The van der Waals surface area contributed by atoms with Gasteiger partial charge in [-0.15, -0.1) is 0 Å². The number of aromatic hydroxyl groups is 2. The lowest BCUT2D eigenvalue weighted by Crippen LogP contribution is -1.90. The lowest BCUT2D eigenvalue weighted by molar-refractivity contribution is 0.432. The average molecular weight is 410 g/mol. The van der Waals surface area contributed by atoms with E-state index in [4.69, 9.17) is 0 Å². The third-order valence-corrected chi connectivity index (χ3v) is 4.81. The van der Waals surface area contributed by atoms with Crippen LogP contribution in [0.25, 0.3) is 33.3 Å². The molecule has 128 valence electrons. The zero-order chi connectivity index (χ0) is 18.3. The molecule has 3 aromatic carbocycles. The molecule has 1 heterocycles. The molecule has 4 rings (SSSR count). The molecule has 1 aromatic heterocycles. The van der Waals surface area contributed by atoms with Gasteiger partial charge < -0.3 is 10.2 Å². The van der Waals surface area contributed by atoms with Gasteiger partial charge in [0, 0.05) is 21.0 Å².